The van der Waals surface area contributed by atoms with Gasteiger partial charge in [0, 0.05) is 23.5 Å². The molecule has 0 aliphatic rings. The predicted molar refractivity (Wildman–Crippen MR) is 90.1 cm³/mol. The van der Waals surface area contributed by atoms with Gasteiger partial charge in [0.15, 0.2) is 0 Å². The topological polar surface area (TPSA) is 26.3 Å². The van der Waals surface area contributed by atoms with E-state index in [0.29, 0.717) is 5.57 Å². The standard InChI is InChI=1S/C11H7Br5O2/c1-4(11(17)18-2)7(13)5-3-6(12)9(15)10(16)8(5)14/h3,7H,1H2,2H3. The summed E-state index contributed by atoms with van der Waals surface area (Å²) in [6.45, 7) is 3.74. The molecule has 0 amide bonds. The van der Waals surface area contributed by atoms with Crippen LogP contribution < -0.4 is 0 Å². The van der Waals surface area contributed by atoms with E-state index in [0.717, 1.165) is 23.5 Å². The summed E-state index contributed by atoms with van der Waals surface area (Å²) < 4.78 is 8.12. The summed E-state index contributed by atoms with van der Waals surface area (Å²) in [7, 11) is 1.33. The Labute approximate surface area is 147 Å². The summed E-state index contributed by atoms with van der Waals surface area (Å²) >= 11 is 17.3. The molecule has 7 heteroatoms. The van der Waals surface area contributed by atoms with Crippen molar-refractivity contribution in [2.75, 3.05) is 7.11 Å². The van der Waals surface area contributed by atoms with E-state index < -0.39 is 5.97 Å². The summed E-state index contributed by atoms with van der Waals surface area (Å²) in [6, 6.07) is 1.90. The van der Waals surface area contributed by atoms with Crippen molar-refractivity contribution in [3.63, 3.8) is 0 Å². The van der Waals surface area contributed by atoms with Gasteiger partial charge in [-0.05, 0) is 75.3 Å². The molecule has 2 nitrogen and oxygen atoms in total. The van der Waals surface area contributed by atoms with Crippen LogP contribution in [0.1, 0.15) is 10.4 Å². The Bertz CT molecular complexity index is 513. The largest absolute Gasteiger partial charge is 0.466 e. The first kappa shape index (κ1) is 16.9. The fourth-order valence-corrected chi connectivity index (χ4v) is 4.33. The van der Waals surface area contributed by atoms with Crippen LogP contribution in [-0.2, 0) is 9.53 Å². The van der Waals surface area contributed by atoms with E-state index in [-0.39, 0.29) is 4.83 Å². The molecule has 0 aliphatic carbocycles. The van der Waals surface area contributed by atoms with Crippen LogP contribution in [-0.4, -0.2) is 13.1 Å². The minimum Gasteiger partial charge on any atom is -0.466 e. The second-order valence-corrected chi connectivity index (χ2v) is 7.42. The molecule has 0 radical (unpaired) electrons. The number of ether oxygens (including phenoxy) is 1. The number of methoxy groups -OCH3 is 1. The van der Waals surface area contributed by atoms with Crippen molar-refractivity contribution in [1.29, 1.82) is 0 Å². The lowest BCUT2D eigenvalue weighted by Gasteiger charge is -2.16. The van der Waals surface area contributed by atoms with Crippen LogP contribution >= 0.6 is 79.6 Å². The molecule has 0 saturated carbocycles. The van der Waals surface area contributed by atoms with Gasteiger partial charge >= 0.3 is 5.97 Å². The Morgan fingerprint density at radius 3 is 2.28 bits per heavy atom. The van der Waals surface area contributed by atoms with Gasteiger partial charge in [-0.3, -0.25) is 0 Å². The van der Waals surface area contributed by atoms with Crippen LogP contribution in [0.2, 0.25) is 0 Å². The number of rotatable bonds is 3. The highest BCUT2D eigenvalue weighted by Gasteiger charge is 2.23. The molecule has 1 rings (SSSR count). The minimum atomic E-state index is -0.445. The number of benzene rings is 1. The minimum absolute atomic E-state index is 0.333. The van der Waals surface area contributed by atoms with Gasteiger partial charge in [0.25, 0.3) is 0 Å². The van der Waals surface area contributed by atoms with Crippen molar-refractivity contribution in [2.45, 2.75) is 4.83 Å². The van der Waals surface area contributed by atoms with Crippen molar-refractivity contribution in [1.82, 2.24) is 0 Å². The Hall–Kier alpha value is 0.830. The summed E-state index contributed by atoms with van der Waals surface area (Å²) in [4.78, 5) is 11.1. The highest BCUT2D eigenvalue weighted by molar-refractivity contribution is 9.15. The molecule has 0 bridgehead atoms. The smallest absolute Gasteiger partial charge is 0.334 e. The number of halogens is 5. The Kier molecular flexibility index (Phi) is 6.58. The maximum Gasteiger partial charge on any atom is 0.334 e. The third-order valence-corrected chi connectivity index (χ3v) is 7.90. The first-order valence-electron chi connectivity index (χ1n) is 4.55. The molecule has 1 unspecified atom stereocenters. The van der Waals surface area contributed by atoms with Crippen molar-refractivity contribution in [3.8, 4) is 0 Å². The van der Waals surface area contributed by atoms with Crippen LogP contribution in [0.15, 0.2) is 36.1 Å². The first-order valence-corrected chi connectivity index (χ1v) is 8.64. The maximum absolute atomic E-state index is 11.5. The van der Waals surface area contributed by atoms with Gasteiger partial charge in [-0.25, -0.2) is 4.79 Å². The van der Waals surface area contributed by atoms with Gasteiger partial charge < -0.3 is 4.74 Å². The van der Waals surface area contributed by atoms with E-state index in [1.165, 1.54) is 7.11 Å². The maximum atomic E-state index is 11.5. The zero-order valence-corrected chi connectivity index (χ0v) is 17.0. The van der Waals surface area contributed by atoms with Crippen LogP contribution in [0, 0.1) is 0 Å². The van der Waals surface area contributed by atoms with Crippen LogP contribution in [0.3, 0.4) is 0 Å². The quantitative estimate of drug-likeness (QED) is 0.149. The van der Waals surface area contributed by atoms with Gasteiger partial charge in [-0.1, -0.05) is 22.5 Å². The van der Waals surface area contributed by atoms with E-state index in [4.69, 9.17) is 0 Å². The van der Waals surface area contributed by atoms with Gasteiger partial charge in [-0.2, -0.15) is 0 Å². The molecule has 0 heterocycles. The third kappa shape index (κ3) is 3.48. The normalized spacial score (nSPS) is 12.1. The molecule has 0 spiro atoms. The monoisotopic (exact) mass is 566 g/mol. The van der Waals surface area contributed by atoms with E-state index >= 15 is 0 Å². The van der Waals surface area contributed by atoms with Crippen molar-refractivity contribution in [3.05, 3.63) is 41.7 Å². The van der Waals surface area contributed by atoms with Gasteiger partial charge in [0.1, 0.15) is 0 Å². The zero-order chi connectivity index (χ0) is 14.0. The summed E-state index contributed by atoms with van der Waals surface area (Å²) in [5, 5.41) is 0. The molecule has 18 heavy (non-hydrogen) atoms. The van der Waals surface area contributed by atoms with Crippen LogP contribution in [0.25, 0.3) is 0 Å². The average molecular weight is 571 g/mol. The van der Waals surface area contributed by atoms with Crippen LogP contribution in [0.4, 0.5) is 0 Å². The zero-order valence-electron chi connectivity index (χ0n) is 9.07. The van der Waals surface area contributed by atoms with Crippen molar-refractivity contribution < 1.29 is 9.53 Å². The second kappa shape index (κ2) is 7.02. The molecule has 1 aromatic rings. The SMILES string of the molecule is C=C(C(=O)OC)C(Br)c1cc(Br)c(Br)c(Br)c1Br. The molecule has 1 aromatic carbocycles. The molecule has 98 valence electrons. The Balaban J connectivity index is 3.26. The molecule has 0 saturated heterocycles. The highest BCUT2D eigenvalue weighted by atomic mass is 79.9. The molecular weight excluding hydrogens is 564 g/mol. The average Bonchev–Trinajstić information content (AvgIpc) is 2.37. The number of carbonyl (C=O) groups excluding carboxylic acids is 1. The fourth-order valence-electron chi connectivity index (χ4n) is 1.20. The lowest BCUT2D eigenvalue weighted by molar-refractivity contribution is -0.136. The molecule has 0 aromatic heterocycles. The Morgan fingerprint density at radius 2 is 1.78 bits per heavy atom. The number of alkyl halides is 1. The second-order valence-electron chi connectivity index (χ2n) is 3.27. The third-order valence-electron chi connectivity index (χ3n) is 2.16. The molecule has 1 atom stereocenters. The highest BCUT2D eigenvalue weighted by Crippen LogP contribution is 2.44. The van der Waals surface area contributed by atoms with E-state index in [1.807, 2.05) is 6.07 Å². The molecule has 0 fully saturated rings. The molecule has 0 aliphatic heterocycles. The molecular formula is C11H7Br5O2. The van der Waals surface area contributed by atoms with Crippen molar-refractivity contribution in [2.24, 2.45) is 0 Å². The predicted octanol–water partition coefficient (Wildman–Crippen LogP) is 5.90. The summed E-state index contributed by atoms with van der Waals surface area (Å²) in [5.74, 6) is -0.445. The van der Waals surface area contributed by atoms with Crippen LogP contribution in [0.5, 0.6) is 0 Å². The van der Waals surface area contributed by atoms with Gasteiger partial charge in [-0.15, -0.1) is 0 Å². The Morgan fingerprint density at radius 1 is 1.22 bits per heavy atom. The lowest BCUT2D eigenvalue weighted by atomic mass is 10.1. The van der Waals surface area contributed by atoms with E-state index in [9.17, 15) is 4.79 Å². The number of esters is 1. The first-order chi connectivity index (χ1) is 8.31. The van der Waals surface area contributed by atoms with E-state index in [1.54, 1.807) is 0 Å². The number of hydrogen-bond donors (Lipinski definition) is 0. The number of hydrogen-bond acceptors (Lipinski definition) is 2. The molecule has 0 N–H and O–H groups in total. The fraction of sp³-hybridized carbons (Fsp3) is 0.182. The van der Waals surface area contributed by atoms with Gasteiger partial charge in [0.05, 0.1) is 11.9 Å². The lowest BCUT2D eigenvalue weighted by Crippen LogP contribution is -2.09. The summed E-state index contributed by atoms with van der Waals surface area (Å²) in [6.07, 6.45) is 0. The number of carbonyl (C=O) groups is 1. The van der Waals surface area contributed by atoms with E-state index in [2.05, 4.69) is 91.0 Å². The van der Waals surface area contributed by atoms with Crippen molar-refractivity contribution >= 4 is 85.6 Å². The van der Waals surface area contributed by atoms with Gasteiger partial charge in [0.2, 0.25) is 0 Å². The summed E-state index contributed by atoms with van der Waals surface area (Å²) in [5.41, 5.74) is 1.20.